The van der Waals surface area contributed by atoms with Crippen LogP contribution in [-0.4, -0.2) is 56.5 Å². The van der Waals surface area contributed by atoms with Crippen molar-refractivity contribution in [2.45, 2.75) is 36.2 Å². The fourth-order valence-corrected chi connectivity index (χ4v) is 10.6. The molecule has 0 amide bonds. The van der Waals surface area contributed by atoms with Crippen LogP contribution in [-0.2, 0) is 0 Å². The molecule has 3 aliphatic carbocycles. The normalized spacial score (nSPS) is 37.2. The second-order valence-corrected chi connectivity index (χ2v) is 13.4. The molecule has 2 bridgehead atoms. The predicted molar refractivity (Wildman–Crippen MR) is 127 cm³/mol. The van der Waals surface area contributed by atoms with Gasteiger partial charge < -0.3 is 0 Å². The van der Waals surface area contributed by atoms with Crippen LogP contribution < -0.4 is 0 Å². The first-order chi connectivity index (χ1) is 11.8. The summed E-state index contributed by atoms with van der Waals surface area (Å²) in [6, 6.07) is 0. The molecule has 3 aliphatic rings. The van der Waals surface area contributed by atoms with Gasteiger partial charge in [-0.15, -0.1) is 0 Å². The summed E-state index contributed by atoms with van der Waals surface area (Å²) in [6.45, 7) is 0. The third-order valence-corrected chi connectivity index (χ3v) is 12.2. The van der Waals surface area contributed by atoms with E-state index >= 15 is 0 Å². The summed E-state index contributed by atoms with van der Waals surface area (Å²) in [5.41, 5.74) is 0. The summed E-state index contributed by atoms with van der Waals surface area (Å²) in [5.74, 6) is 14.2. The number of thioether (sulfide) groups is 4. The summed E-state index contributed by atoms with van der Waals surface area (Å²) in [5, 5.41) is 1.99. The largest absolute Gasteiger partial charge is 0.179 e. The molecule has 6 unspecified atom stereocenters. The van der Waals surface area contributed by atoms with E-state index in [2.05, 4.69) is 72.3 Å². The molecule has 3 rings (SSSR count). The van der Waals surface area contributed by atoms with Crippen molar-refractivity contribution in [3.63, 3.8) is 0 Å². The van der Waals surface area contributed by atoms with Gasteiger partial charge in [-0.1, -0.05) is 0 Å². The van der Waals surface area contributed by atoms with Crippen LogP contribution >= 0.6 is 72.3 Å². The summed E-state index contributed by atoms with van der Waals surface area (Å²) < 4.78 is 0. The molecular formula is C18H32S6. The Morgan fingerprint density at radius 3 is 2.00 bits per heavy atom. The molecule has 6 heteroatoms. The van der Waals surface area contributed by atoms with Crippen molar-refractivity contribution in [1.82, 2.24) is 0 Å². The van der Waals surface area contributed by atoms with Gasteiger partial charge in [-0.3, -0.25) is 0 Å². The molecule has 0 radical (unpaired) electrons. The Balaban J connectivity index is 1.34. The average molecular weight is 441 g/mol. The standard InChI is InChI=1S/C18H32S6/c19-1-3-21-5-7-23-14-11-15-13-9-17(16(15)12-14)18(10-13)24-8-6-22-4-2-20/h13-20H,1-12H2. The van der Waals surface area contributed by atoms with Crippen molar-refractivity contribution >= 4 is 72.3 Å². The maximum Gasteiger partial charge on any atom is 0.00812 e. The van der Waals surface area contributed by atoms with Crippen LogP contribution in [0.4, 0.5) is 0 Å². The fourth-order valence-electron chi connectivity index (χ4n) is 5.15. The van der Waals surface area contributed by atoms with Crippen molar-refractivity contribution in [3.8, 4) is 0 Å². The molecule has 0 aromatic carbocycles. The van der Waals surface area contributed by atoms with Gasteiger partial charge in [0, 0.05) is 45.0 Å². The van der Waals surface area contributed by atoms with Gasteiger partial charge in [0.1, 0.15) is 0 Å². The number of thiol groups is 2. The molecule has 0 spiro atoms. The van der Waals surface area contributed by atoms with E-state index in [1.54, 1.807) is 25.7 Å². The summed E-state index contributed by atoms with van der Waals surface area (Å²) in [4.78, 5) is 0. The minimum absolute atomic E-state index is 0.983. The highest BCUT2D eigenvalue weighted by molar-refractivity contribution is 8.04. The zero-order chi connectivity index (χ0) is 16.8. The van der Waals surface area contributed by atoms with Crippen molar-refractivity contribution in [2.24, 2.45) is 23.7 Å². The highest BCUT2D eigenvalue weighted by atomic mass is 32.2. The zero-order valence-electron chi connectivity index (χ0n) is 14.5. The number of hydrogen-bond donors (Lipinski definition) is 2. The van der Waals surface area contributed by atoms with E-state index in [9.17, 15) is 0 Å². The Labute approximate surface area is 177 Å². The SMILES string of the molecule is SCCSCCSC1CC2C3CC(SCCSCCS)C(C3)C2C1. The van der Waals surface area contributed by atoms with Crippen molar-refractivity contribution in [3.05, 3.63) is 0 Å². The molecule has 6 atom stereocenters. The lowest BCUT2D eigenvalue weighted by Gasteiger charge is -2.31. The Morgan fingerprint density at radius 1 is 0.625 bits per heavy atom. The second-order valence-electron chi connectivity index (χ2n) is 7.27. The lowest BCUT2D eigenvalue weighted by atomic mass is 9.81. The predicted octanol–water partition coefficient (Wildman–Crippen LogP) is 5.58. The van der Waals surface area contributed by atoms with Gasteiger partial charge in [-0.2, -0.15) is 72.3 Å². The van der Waals surface area contributed by atoms with Gasteiger partial charge in [0.2, 0.25) is 0 Å². The highest BCUT2D eigenvalue weighted by Crippen LogP contribution is 2.62. The molecule has 0 saturated heterocycles. The van der Waals surface area contributed by atoms with Crippen LogP contribution in [0.15, 0.2) is 0 Å². The summed E-state index contributed by atoms with van der Waals surface area (Å²) in [7, 11) is 0. The number of fused-ring (bicyclic) bond motifs is 5. The highest BCUT2D eigenvalue weighted by Gasteiger charge is 2.55. The van der Waals surface area contributed by atoms with Crippen LogP contribution in [0.3, 0.4) is 0 Å². The van der Waals surface area contributed by atoms with Gasteiger partial charge in [0.15, 0.2) is 0 Å². The third kappa shape index (κ3) is 5.56. The molecule has 0 aromatic rings. The van der Waals surface area contributed by atoms with Crippen molar-refractivity contribution < 1.29 is 0 Å². The van der Waals surface area contributed by atoms with E-state index in [0.717, 1.165) is 45.7 Å². The third-order valence-electron chi connectivity index (χ3n) is 5.98. The average Bonchev–Trinajstić information content (AvgIpc) is 3.25. The maximum absolute atomic E-state index is 4.30. The molecule has 0 aliphatic heterocycles. The summed E-state index contributed by atoms with van der Waals surface area (Å²) in [6.07, 6.45) is 6.21. The second kappa shape index (κ2) is 11.2. The Bertz CT molecular complexity index is 365. The first kappa shape index (κ1) is 20.8. The van der Waals surface area contributed by atoms with Gasteiger partial charge in [0.25, 0.3) is 0 Å². The van der Waals surface area contributed by atoms with Crippen LogP contribution in [0.1, 0.15) is 25.7 Å². The van der Waals surface area contributed by atoms with E-state index in [-0.39, 0.29) is 0 Å². The minimum atomic E-state index is 0.983. The topological polar surface area (TPSA) is 0 Å². The molecule has 0 N–H and O–H groups in total. The van der Waals surface area contributed by atoms with Gasteiger partial charge in [0.05, 0.1) is 0 Å². The monoisotopic (exact) mass is 440 g/mol. The van der Waals surface area contributed by atoms with Crippen LogP contribution in [0.25, 0.3) is 0 Å². The quantitative estimate of drug-likeness (QED) is 0.300. The number of hydrogen-bond acceptors (Lipinski definition) is 6. The maximum atomic E-state index is 4.30. The molecular weight excluding hydrogens is 409 g/mol. The first-order valence-corrected chi connectivity index (χ1v) is 15.1. The van der Waals surface area contributed by atoms with Crippen molar-refractivity contribution in [1.29, 1.82) is 0 Å². The van der Waals surface area contributed by atoms with E-state index in [1.807, 2.05) is 0 Å². The Morgan fingerprint density at radius 2 is 1.29 bits per heavy atom. The van der Waals surface area contributed by atoms with E-state index in [1.165, 1.54) is 34.5 Å². The van der Waals surface area contributed by atoms with Gasteiger partial charge in [-0.25, -0.2) is 0 Å². The van der Waals surface area contributed by atoms with Crippen molar-refractivity contribution in [2.75, 3.05) is 46.0 Å². The Hall–Kier alpha value is 2.10. The van der Waals surface area contributed by atoms with Crippen LogP contribution in [0, 0.1) is 23.7 Å². The number of rotatable bonds is 12. The lowest BCUT2D eigenvalue weighted by molar-refractivity contribution is 0.266. The molecule has 0 heterocycles. The summed E-state index contributed by atoms with van der Waals surface area (Å²) >= 11 is 17.4. The molecule has 3 saturated carbocycles. The van der Waals surface area contributed by atoms with Gasteiger partial charge in [-0.05, 0) is 60.9 Å². The van der Waals surface area contributed by atoms with Gasteiger partial charge >= 0.3 is 0 Å². The molecule has 140 valence electrons. The molecule has 3 fully saturated rings. The zero-order valence-corrected chi connectivity index (χ0v) is 19.5. The Kier molecular flexibility index (Phi) is 9.71. The first-order valence-electron chi connectivity index (χ1n) is 9.44. The van der Waals surface area contributed by atoms with E-state index < -0.39 is 0 Å². The molecule has 0 nitrogen and oxygen atoms in total. The van der Waals surface area contributed by atoms with E-state index in [0.29, 0.717) is 0 Å². The smallest absolute Gasteiger partial charge is 0.00812 e. The fraction of sp³-hybridized carbons (Fsp3) is 1.00. The van der Waals surface area contributed by atoms with E-state index in [4.69, 9.17) is 0 Å². The van der Waals surface area contributed by atoms with Crippen LogP contribution in [0.2, 0.25) is 0 Å². The van der Waals surface area contributed by atoms with Crippen LogP contribution in [0.5, 0.6) is 0 Å². The lowest BCUT2D eigenvalue weighted by Crippen LogP contribution is -2.26. The minimum Gasteiger partial charge on any atom is -0.179 e. The molecule has 0 aromatic heterocycles. The molecule has 24 heavy (non-hydrogen) atoms.